The van der Waals surface area contributed by atoms with E-state index in [1.165, 1.54) is 6.92 Å². The Labute approximate surface area is 83.4 Å². The Morgan fingerprint density at radius 1 is 1.21 bits per heavy atom. The summed E-state index contributed by atoms with van der Waals surface area (Å²) in [5, 5.41) is 13.2. The normalized spacial score (nSPS) is 14.9. The largest absolute Gasteiger partial charge is 0.546 e. The van der Waals surface area contributed by atoms with Gasteiger partial charge in [-0.2, -0.15) is 0 Å². The number of carboxylic acids is 1. The minimum Gasteiger partial charge on any atom is -0.546 e. The molecule has 82 valence electrons. The summed E-state index contributed by atoms with van der Waals surface area (Å²) in [6.45, 7) is 6.64. The maximum Gasteiger partial charge on any atom is 0.323 e. The average molecular weight is 202 g/mol. The van der Waals surface area contributed by atoms with E-state index in [4.69, 9.17) is 0 Å². The number of hydrogen-bond donors (Lipinski definition) is 1. The number of hydrogen-bond acceptors (Lipinski definition) is 5. The van der Waals surface area contributed by atoms with Crippen molar-refractivity contribution in [2.45, 2.75) is 45.9 Å². The summed E-state index contributed by atoms with van der Waals surface area (Å²) in [5.74, 6) is -1.98. The lowest BCUT2D eigenvalue weighted by Crippen LogP contribution is -2.44. The number of nitrogens with one attached hydrogen (secondary N) is 1. The van der Waals surface area contributed by atoms with Crippen LogP contribution in [0.4, 0.5) is 0 Å². The van der Waals surface area contributed by atoms with Gasteiger partial charge in [0.1, 0.15) is 12.1 Å². The highest BCUT2D eigenvalue weighted by molar-refractivity contribution is 5.79. The summed E-state index contributed by atoms with van der Waals surface area (Å²) in [4.78, 5) is 21.5. The smallest absolute Gasteiger partial charge is 0.323 e. The number of esters is 1. The number of carboxylic acid groups (broad SMARTS) is 1. The van der Waals surface area contributed by atoms with Crippen molar-refractivity contribution in [1.82, 2.24) is 5.32 Å². The quantitative estimate of drug-likeness (QED) is 0.582. The Hall–Kier alpha value is -1.10. The monoisotopic (exact) mass is 202 g/mol. The summed E-state index contributed by atoms with van der Waals surface area (Å²) in [6.07, 6.45) is -1.21. The van der Waals surface area contributed by atoms with Gasteiger partial charge in [0.05, 0.1) is 5.97 Å². The molecule has 0 unspecified atom stereocenters. The lowest BCUT2D eigenvalue weighted by molar-refractivity contribution is -0.314. The van der Waals surface area contributed by atoms with Gasteiger partial charge in [0.25, 0.3) is 0 Å². The molecule has 2 atom stereocenters. The fraction of sp³-hybridized carbons (Fsp3) is 0.778. The van der Waals surface area contributed by atoms with Crippen LogP contribution in [0.25, 0.3) is 0 Å². The first kappa shape index (κ1) is 12.9. The molecule has 0 aromatic carbocycles. The molecule has 1 N–H and O–H groups in total. The predicted molar refractivity (Wildman–Crippen MR) is 48.3 cm³/mol. The van der Waals surface area contributed by atoms with E-state index in [-0.39, 0.29) is 6.04 Å². The molecule has 0 aliphatic heterocycles. The van der Waals surface area contributed by atoms with Crippen LogP contribution >= 0.6 is 0 Å². The maximum absolute atomic E-state index is 11.2. The highest BCUT2D eigenvalue weighted by atomic mass is 16.6. The van der Waals surface area contributed by atoms with E-state index in [1.54, 1.807) is 6.92 Å². The average Bonchev–Trinajstić information content (AvgIpc) is 2.02. The van der Waals surface area contributed by atoms with Crippen LogP contribution in [0.1, 0.15) is 27.7 Å². The highest BCUT2D eigenvalue weighted by Crippen LogP contribution is 1.95. The molecule has 0 aliphatic carbocycles. The first-order valence-electron chi connectivity index (χ1n) is 4.52. The Balaban J connectivity index is 4.01. The number of rotatable bonds is 5. The third kappa shape index (κ3) is 4.81. The van der Waals surface area contributed by atoms with E-state index >= 15 is 0 Å². The van der Waals surface area contributed by atoms with Crippen molar-refractivity contribution in [2.75, 3.05) is 0 Å². The van der Waals surface area contributed by atoms with Gasteiger partial charge in [-0.1, -0.05) is 13.8 Å². The zero-order valence-corrected chi connectivity index (χ0v) is 8.87. The molecule has 5 heteroatoms. The Bertz CT molecular complexity index is 215. The van der Waals surface area contributed by atoms with Crippen LogP contribution in [0.5, 0.6) is 0 Å². The van der Waals surface area contributed by atoms with Crippen LogP contribution in [0.15, 0.2) is 0 Å². The van der Waals surface area contributed by atoms with Crippen molar-refractivity contribution >= 4 is 11.9 Å². The van der Waals surface area contributed by atoms with Crippen molar-refractivity contribution in [1.29, 1.82) is 0 Å². The zero-order valence-electron chi connectivity index (χ0n) is 8.87. The summed E-state index contributed by atoms with van der Waals surface area (Å²) in [6, 6.07) is -0.382. The lowest BCUT2D eigenvalue weighted by atomic mass is 10.3. The maximum atomic E-state index is 11.2. The van der Waals surface area contributed by atoms with Gasteiger partial charge < -0.3 is 20.0 Å². The second kappa shape index (κ2) is 5.59. The summed E-state index contributed by atoms with van der Waals surface area (Å²) in [7, 11) is 0. The van der Waals surface area contributed by atoms with Gasteiger partial charge in [-0.05, 0) is 13.8 Å². The molecule has 0 radical (unpaired) electrons. The fourth-order valence-corrected chi connectivity index (χ4v) is 0.892. The summed E-state index contributed by atoms with van der Waals surface area (Å²) in [5.41, 5.74) is 0. The van der Waals surface area contributed by atoms with Gasteiger partial charge in [0, 0.05) is 6.04 Å². The molecule has 0 aromatic heterocycles. The molecule has 0 saturated heterocycles. The fourth-order valence-electron chi connectivity index (χ4n) is 0.892. The molecule has 14 heavy (non-hydrogen) atoms. The molecule has 0 bridgehead atoms. The summed E-state index contributed by atoms with van der Waals surface area (Å²) >= 11 is 0. The second-order valence-electron chi connectivity index (χ2n) is 3.44. The third-order valence-corrected chi connectivity index (χ3v) is 1.56. The van der Waals surface area contributed by atoms with Gasteiger partial charge in [0.2, 0.25) is 0 Å². The molecule has 0 saturated carbocycles. The minimum absolute atomic E-state index is 0.135. The minimum atomic E-state index is -1.39. The Morgan fingerprint density at radius 3 is 2.07 bits per heavy atom. The molecule has 0 rings (SSSR count). The molecule has 0 amide bonds. The highest BCUT2D eigenvalue weighted by Gasteiger charge is 2.17. The second-order valence-corrected chi connectivity index (χ2v) is 3.44. The van der Waals surface area contributed by atoms with Crippen LogP contribution in [0.2, 0.25) is 0 Å². The van der Waals surface area contributed by atoms with Crippen LogP contribution in [-0.4, -0.2) is 30.1 Å². The number of aliphatic carboxylic acids is 1. The SMILES string of the molecule is CC(C)N[C@H](C)C(=O)O[C@H](C)C(=O)[O-]. The van der Waals surface area contributed by atoms with E-state index < -0.39 is 24.1 Å². The van der Waals surface area contributed by atoms with Gasteiger partial charge >= 0.3 is 5.97 Å². The van der Waals surface area contributed by atoms with E-state index in [1.807, 2.05) is 13.8 Å². The van der Waals surface area contributed by atoms with Crippen molar-refractivity contribution < 1.29 is 19.4 Å². The first-order valence-corrected chi connectivity index (χ1v) is 4.52. The van der Waals surface area contributed by atoms with Crippen molar-refractivity contribution in [3.63, 3.8) is 0 Å². The van der Waals surface area contributed by atoms with E-state index in [2.05, 4.69) is 10.1 Å². The van der Waals surface area contributed by atoms with E-state index in [9.17, 15) is 14.7 Å². The Kier molecular flexibility index (Phi) is 5.15. The standard InChI is InChI=1S/C9H17NO4/c1-5(2)10-6(3)9(13)14-7(4)8(11)12/h5-7,10H,1-4H3,(H,11,12)/p-1/t6-,7-/m1/s1. The van der Waals surface area contributed by atoms with Crippen molar-refractivity contribution in [3.05, 3.63) is 0 Å². The molecule has 0 spiro atoms. The van der Waals surface area contributed by atoms with Gasteiger partial charge in [-0.3, -0.25) is 4.79 Å². The molecule has 0 aliphatic rings. The Morgan fingerprint density at radius 2 is 1.71 bits per heavy atom. The number of ether oxygens (including phenoxy) is 1. The first-order chi connectivity index (χ1) is 6.34. The number of carbonyl (C=O) groups is 2. The van der Waals surface area contributed by atoms with Crippen LogP contribution in [-0.2, 0) is 14.3 Å². The van der Waals surface area contributed by atoms with Gasteiger partial charge in [-0.25, -0.2) is 0 Å². The molecular weight excluding hydrogens is 186 g/mol. The molecule has 5 nitrogen and oxygen atoms in total. The number of carbonyl (C=O) groups excluding carboxylic acids is 2. The van der Waals surface area contributed by atoms with Crippen LogP contribution < -0.4 is 10.4 Å². The summed E-state index contributed by atoms with van der Waals surface area (Å²) < 4.78 is 4.61. The van der Waals surface area contributed by atoms with Crippen LogP contribution in [0.3, 0.4) is 0 Å². The van der Waals surface area contributed by atoms with Gasteiger partial charge in [-0.15, -0.1) is 0 Å². The van der Waals surface area contributed by atoms with Crippen molar-refractivity contribution in [3.8, 4) is 0 Å². The van der Waals surface area contributed by atoms with E-state index in [0.717, 1.165) is 0 Å². The van der Waals surface area contributed by atoms with Crippen LogP contribution in [0, 0.1) is 0 Å². The van der Waals surface area contributed by atoms with Gasteiger partial charge in [0.15, 0.2) is 0 Å². The predicted octanol–water partition coefficient (Wildman–Crippen LogP) is -0.945. The zero-order chi connectivity index (χ0) is 11.3. The molecule has 0 heterocycles. The lowest BCUT2D eigenvalue weighted by Gasteiger charge is -2.19. The molecular formula is C9H16NO4-. The third-order valence-electron chi connectivity index (χ3n) is 1.56. The molecule has 0 aromatic rings. The van der Waals surface area contributed by atoms with Crippen molar-refractivity contribution in [2.24, 2.45) is 0 Å². The topological polar surface area (TPSA) is 78.5 Å². The molecule has 0 fully saturated rings. The van der Waals surface area contributed by atoms with E-state index in [0.29, 0.717) is 0 Å².